The zero-order valence-electron chi connectivity index (χ0n) is 16.1. The van der Waals surface area contributed by atoms with Gasteiger partial charge in [-0.2, -0.15) is 0 Å². The standard InChI is InChI=1S/C24H25N3/c1-17-4-10-20(11-5-17)16-26-24(22-14-8-19(3)9-15-22)27-23(25)21-12-6-18(2)7-13-21/h4-15H,16H2,1-3H3,(H2,25,26,27). The van der Waals surface area contributed by atoms with E-state index in [1.165, 1.54) is 16.7 Å². The maximum absolute atomic E-state index is 6.27. The first-order chi connectivity index (χ1) is 13.0. The summed E-state index contributed by atoms with van der Waals surface area (Å²) >= 11 is 0. The van der Waals surface area contributed by atoms with Gasteiger partial charge in [0.1, 0.15) is 5.84 Å². The third kappa shape index (κ3) is 5.14. The fraction of sp³-hybridized carbons (Fsp3) is 0.167. The Bertz CT molecular complexity index is 948. The van der Waals surface area contributed by atoms with Crippen LogP contribution in [0.3, 0.4) is 0 Å². The van der Waals surface area contributed by atoms with Crippen LogP contribution >= 0.6 is 0 Å². The molecule has 0 spiro atoms. The average Bonchev–Trinajstić information content (AvgIpc) is 2.67. The van der Waals surface area contributed by atoms with E-state index in [0.717, 1.165) is 16.7 Å². The number of rotatable bonds is 4. The van der Waals surface area contributed by atoms with Crippen molar-refractivity contribution in [3.63, 3.8) is 0 Å². The van der Waals surface area contributed by atoms with E-state index in [1.807, 2.05) is 36.4 Å². The van der Waals surface area contributed by atoms with Gasteiger partial charge in [-0.25, -0.2) is 4.99 Å². The fourth-order valence-corrected chi connectivity index (χ4v) is 2.66. The molecule has 0 saturated heterocycles. The summed E-state index contributed by atoms with van der Waals surface area (Å²) in [5.41, 5.74) is 12.9. The lowest BCUT2D eigenvalue weighted by Crippen LogP contribution is -2.16. The molecule has 0 fully saturated rings. The van der Waals surface area contributed by atoms with Gasteiger partial charge in [-0.1, -0.05) is 89.5 Å². The van der Waals surface area contributed by atoms with Gasteiger partial charge in [0, 0.05) is 11.1 Å². The van der Waals surface area contributed by atoms with Crippen LogP contribution in [-0.4, -0.2) is 11.7 Å². The van der Waals surface area contributed by atoms with Gasteiger partial charge in [0.05, 0.1) is 6.54 Å². The van der Waals surface area contributed by atoms with Crippen molar-refractivity contribution < 1.29 is 0 Å². The molecule has 0 unspecified atom stereocenters. The van der Waals surface area contributed by atoms with Crippen molar-refractivity contribution in [3.8, 4) is 0 Å². The fourth-order valence-electron chi connectivity index (χ4n) is 2.66. The predicted octanol–water partition coefficient (Wildman–Crippen LogP) is 4.96. The van der Waals surface area contributed by atoms with Crippen molar-refractivity contribution in [1.29, 1.82) is 0 Å². The minimum atomic E-state index is 0.471. The monoisotopic (exact) mass is 355 g/mol. The molecule has 0 aliphatic heterocycles. The van der Waals surface area contributed by atoms with Crippen molar-refractivity contribution in [2.45, 2.75) is 27.3 Å². The predicted molar refractivity (Wildman–Crippen MR) is 115 cm³/mol. The third-order valence-electron chi connectivity index (χ3n) is 4.42. The van der Waals surface area contributed by atoms with Gasteiger partial charge in [-0.3, -0.25) is 4.99 Å². The molecule has 3 heteroatoms. The van der Waals surface area contributed by atoms with Crippen LogP contribution in [0.4, 0.5) is 0 Å². The van der Waals surface area contributed by atoms with Gasteiger partial charge in [0.25, 0.3) is 0 Å². The van der Waals surface area contributed by atoms with Gasteiger partial charge >= 0.3 is 0 Å². The zero-order chi connectivity index (χ0) is 19.2. The number of amidine groups is 2. The lowest BCUT2D eigenvalue weighted by molar-refractivity contribution is 1.06. The molecule has 27 heavy (non-hydrogen) atoms. The molecule has 0 aliphatic carbocycles. The highest BCUT2D eigenvalue weighted by Crippen LogP contribution is 2.11. The number of nitrogens with zero attached hydrogens (tertiary/aromatic N) is 2. The van der Waals surface area contributed by atoms with Crippen LogP contribution in [0.2, 0.25) is 0 Å². The summed E-state index contributed by atoms with van der Waals surface area (Å²) in [6, 6.07) is 24.6. The number of benzene rings is 3. The van der Waals surface area contributed by atoms with Gasteiger partial charge in [-0.15, -0.1) is 0 Å². The lowest BCUT2D eigenvalue weighted by atomic mass is 10.1. The molecule has 0 heterocycles. The van der Waals surface area contributed by atoms with Crippen LogP contribution in [0.25, 0.3) is 0 Å². The van der Waals surface area contributed by atoms with E-state index in [4.69, 9.17) is 10.7 Å². The summed E-state index contributed by atoms with van der Waals surface area (Å²) in [6.45, 7) is 6.76. The maximum atomic E-state index is 6.27. The summed E-state index contributed by atoms with van der Waals surface area (Å²) in [5.74, 6) is 1.12. The van der Waals surface area contributed by atoms with Gasteiger partial charge in [-0.05, 0) is 26.3 Å². The molecule has 0 radical (unpaired) electrons. The van der Waals surface area contributed by atoms with E-state index in [1.54, 1.807) is 0 Å². The second-order valence-corrected chi connectivity index (χ2v) is 6.85. The maximum Gasteiger partial charge on any atom is 0.157 e. The highest BCUT2D eigenvalue weighted by atomic mass is 15.0. The quantitative estimate of drug-likeness (QED) is 0.522. The van der Waals surface area contributed by atoms with Crippen LogP contribution in [0.5, 0.6) is 0 Å². The summed E-state index contributed by atoms with van der Waals surface area (Å²) in [6.07, 6.45) is 0. The Morgan fingerprint density at radius 1 is 0.667 bits per heavy atom. The van der Waals surface area contributed by atoms with Gasteiger partial charge in [0.2, 0.25) is 0 Å². The molecule has 3 aromatic carbocycles. The van der Waals surface area contributed by atoms with Crippen molar-refractivity contribution in [2.75, 3.05) is 0 Å². The van der Waals surface area contributed by atoms with E-state index < -0.39 is 0 Å². The van der Waals surface area contributed by atoms with Crippen molar-refractivity contribution in [2.24, 2.45) is 15.7 Å². The number of nitrogens with two attached hydrogens (primary N) is 1. The number of aryl methyl sites for hydroxylation is 3. The third-order valence-corrected chi connectivity index (χ3v) is 4.42. The molecule has 0 aliphatic rings. The molecular formula is C24H25N3. The number of aliphatic imine (C=N–C) groups is 2. The Morgan fingerprint density at radius 2 is 1.11 bits per heavy atom. The van der Waals surface area contributed by atoms with Gasteiger partial charge in [0.15, 0.2) is 5.84 Å². The number of hydrogen-bond donors (Lipinski definition) is 1. The second-order valence-electron chi connectivity index (χ2n) is 6.85. The van der Waals surface area contributed by atoms with E-state index in [9.17, 15) is 0 Å². The molecule has 0 saturated carbocycles. The normalized spacial score (nSPS) is 12.3. The first-order valence-corrected chi connectivity index (χ1v) is 9.09. The molecule has 0 aromatic heterocycles. The smallest absolute Gasteiger partial charge is 0.157 e. The Kier molecular flexibility index (Phi) is 5.82. The first-order valence-electron chi connectivity index (χ1n) is 9.09. The molecule has 0 amide bonds. The molecular weight excluding hydrogens is 330 g/mol. The Balaban J connectivity index is 1.94. The van der Waals surface area contributed by atoms with Crippen LogP contribution < -0.4 is 5.73 Å². The molecule has 3 rings (SSSR count). The molecule has 3 aromatic rings. The highest BCUT2D eigenvalue weighted by molar-refractivity contribution is 6.10. The molecule has 136 valence electrons. The summed E-state index contributed by atoms with van der Waals surface area (Å²) in [7, 11) is 0. The van der Waals surface area contributed by atoms with Crippen LogP contribution in [0.15, 0.2) is 82.8 Å². The SMILES string of the molecule is Cc1ccc(CN=C(N=C(N)c2ccc(C)cc2)c2ccc(C)cc2)cc1. The van der Waals surface area contributed by atoms with E-state index in [-0.39, 0.29) is 0 Å². The van der Waals surface area contributed by atoms with Crippen LogP contribution in [0.1, 0.15) is 33.4 Å². The molecule has 0 bridgehead atoms. The summed E-state index contributed by atoms with van der Waals surface area (Å²) in [4.78, 5) is 9.41. The molecule has 0 atom stereocenters. The second kappa shape index (κ2) is 8.45. The summed E-state index contributed by atoms with van der Waals surface area (Å²) < 4.78 is 0. The Hall–Kier alpha value is -3.20. The van der Waals surface area contributed by atoms with E-state index >= 15 is 0 Å². The van der Waals surface area contributed by atoms with Crippen LogP contribution in [-0.2, 0) is 6.54 Å². The average molecular weight is 355 g/mol. The van der Waals surface area contributed by atoms with E-state index in [2.05, 4.69) is 62.2 Å². The first kappa shape index (κ1) is 18.6. The van der Waals surface area contributed by atoms with Crippen molar-refractivity contribution in [1.82, 2.24) is 0 Å². The minimum absolute atomic E-state index is 0.471. The van der Waals surface area contributed by atoms with E-state index in [0.29, 0.717) is 18.2 Å². The van der Waals surface area contributed by atoms with Gasteiger partial charge < -0.3 is 5.73 Å². The highest BCUT2D eigenvalue weighted by Gasteiger charge is 2.06. The number of hydrogen-bond acceptors (Lipinski definition) is 1. The Morgan fingerprint density at radius 3 is 1.63 bits per heavy atom. The Labute approximate surface area is 161 Å². The molecule has 3 nitrogen and oxygen atoms in total. The van der Waals surface area contributed by atoms with Crippen molar-refractivity contribution in [3.05, 3.63) is 106 Å². The lowest BCUT2D eigenvalue weighted by Gasteiger charge is -2.07. The van der Waals surface area contributed by atoms with Crippen molar-refractivity contribution >= 4 is 11.7 Å². The topological polar surface area (TPSA) is 50.7 Å². The van der Waals surface area contributed by atoms with Crippen LogP contribution in [0, 0.1) is 20.8 Å². The molecule has 2 N–H and O–H groups in total. The largest absolute Gasteiger partial charge is 0.383 e. The zero-order valence-corrected chi connectivity index (χ0v) is 16.1. The summed E-state index contributed by atoms with van der Waals surface area (Å²) in [5, 5.41) is 0. The minimum Gasteiger partial charge on any atom is -0.383 e.